The molecule has 12 heteroatoms. The molecule has 0 unspecified atom stereocenters. The van der Waals surface area contributed by atoms with Crippen LogP contribution in [0.25, 0.3) is 28.1 Å². The minimum atomic E-state index is -1.04. The van der Waals surface area contributed by atoms with Gasteiger partial charge >= 0.3 is 6.09 Å². The summed E-state index contributed by atoms with van der Waals surface area (Å²) >= 11 is 6.30. The van der Waals surface area contributed by atoms with Gasteiger partial charge in [-0.05, 0) is 65.2 Å². The number of amides is 1. The van der Waals surface area contributed by atoms with Gasteiger partial charge < -0.3 is 14.7 Å². The van der Waals surface area contributed by atoms with E-state index in [1.165, 1.54) is 18.1 Å². The molecule has 11 nitrogen and oxygen atoms in total. The molecule has 1 atom stereocenters. The number of nitrogens with zero attached hydrogens (tertiary/aromatic N) is 7. The van der Waals surface area contributed by atoms with Crippen molar-refractivity contribution in [3.05, 3.63) is 94.0 Å². The monoisotopic (exact) mass is 528 g/mol. The van der Waals surface area contributed by atoms with E-state index in [0.29, 0.717) is 35.1 Å². The molecular weight excluding hydrogens is 508 g/mol. The van der Waals surface area contributed by atoms with Gasteiger partial charge in [-0.3, -0.25) is 9.69 Å². The number of nitrogens with one attached hydrogen (secondary N) is 1. The van der Waals surface area contributed by atoms with Crippen LogP contribution in [0.4, 0.5) is 10.5 Å². The Balaban J connectivity index is 1.35. The lowest BCUT2D eigenvalue weighted by Crippen LogP contribution is -2.24. The molecule has 2 N–H and O–H groups in total. The Kier molecular flexibility index (Phi) is 5.76. The molecular formula is C26H21ClN8O3. The number of H-pyrrole nitrogens is 1. The van der Waals surface area contributed by atoms with E-state index in [1.807, 2.05) is 18.2 Å². The maximum Gasteiger partial charge on any atom is 0.411 e. The van der Waals surface area contributed by atoms with Crippen LogP contribution < -0.4 is 10.5 Å². The van der Waals surface area contributed by atoms with Crippen molar-refractivity contribution >= 4 is 23.4 Å². The highest BCUT2D eigenvalue weighted by Crippen LogP contribution is 2.34. The van der Waals surface area contributed by atoms with E-state index in [-0.39, 0.29) is 11.6 Å². The first kappa shape index (κ1) is 23.6. The minimum absolute atomic E-state index is 0.148. The maximum atomic E-state index is 13.4. The number of rotatable bonds is 5. The number of pyridine rings is 1. The molecule has 190 valence electrons. The molecule has 38 heavy (non-hydrogen) atoms. The molecule has 0 bridgehead atoms. The summed E-state index contributed by atoms with van der Waals surface area (Å²) in [6.45, 7) is 0. The van der Waals surface area contributed by atoms with Gasteiger partial charge in [-0.15, -0.1) is 5.10 Å². The molecule has 4 heterocycles. The molecule has 5 aromatic rings. The largest absolute Gasteiger partial charge is 0.465 e. The number of anilines is 1. The number of imidazole rings is 1. The number of aryl methyl sites for hydroxylation is 1. The average molecular weight is 529 g/mol. The van der Waals surface area contributed by atoms with E-state index in [0.717, 1.165) is 33.0 Å². The SMILES string of the molecule is CN(C(=O)O)c1cccc(-c2cnc([C@@H]3CCc4cc(-c5cc(Cl)ccc5-n5cnnn5)cc(=O)n43)[nH]2)c1. The number of aromatic amines is 1. The number of tetrazole rings is 1. The summed E-state index contributed by atoms with van der Waals surface area (Å²) in [7, 11) is 1.49. The van der Waals surface area contributed by atoms with Crippen LogP contribution in [0.3, 0.4) is 0 Å². The Morgan fingerprint density at radius 3 is 2.82 bits per heavy atom. The summed E-state index contributed by atoms with van der Waals surface area (Å²) in [5.74, 6) is 0.669. The zero-order valence-electron chi connectivity index (χ0n) is 20.1. The number of halogens is 1. The van der Waals surface area contributed by atoms with Crippen LogP contribution in [0.1, 0.15) is 24.0 Å². The third-order valence-corrected chi connectivity index (χ3v) is 6.98. The molecule has 0 fully saturated rings. The summed E-state index contributed by atoms with van der Waals surface area (Å²) in [5, 5.41) is 21.2. The van der Waals surface area contributed by atoms with Gasteiger partial charge in [-0.2, -0.15) is 4.68 Å². The molecule has 2 aromatic carbocycles. The zero-order chi connectivity index (χ0) is 26.4. The molecule has 0 saturated carbocycles. The molecule has 0 spiro atoms. The van der Waals surface area contributed by atoms with Crippen molar-refractivity contribution in [1.82, 2.24) is 34.7 Å². The summed E-state index contributed by atoms with van der Waals surface area (Å²) < 4.78 is 3.30. The van der Waals surface area contributed by atoms with E-state index in [4.69, 9.17) is 11.6 Å². The summed E-state index contributed by atoms with van der Waals surface area (Å²) in [5.41, 5.74) is 5.02. The van der Waals surface area contributed by atoms with Gasteiger partial charge in [-0.1, -0.05) is 23.7 Å². The second kappa shape index (κ2) is 9.27. The quantitative estimate of drug-likeness (QED) is 0.349. The lowest BCUT2D eigenvalue weighted by atomic mass is 10.0. The minimum Gasteiger partial charge on any atom is -0.465 e. The second-order valence-corrected chi connectivity index (χ2v) is 9.42. The molecule has 0 saturated heterocycles. The van der Waals surface area contributed by atoms with Gasteiger partial charge in [0.15, 0.2) is 0 Å². The van der Waals surface area contributed by atoms with Crippen molar-refractivity contribution < 1.29 is 9.90 Å². The van der Waals surface area contributed by atoms with Gasteiger partial charge in [0, 0.05) is 40.6 Å². The number of aromatic nitrogens is 7. The van der Waals surface area contributed by atoms with Crippen LogP contribution in [-0.2, 0) is 6.42 Å². The predicted octanol–water partition coefficient (Wildman–Crippen LogP) is 4.18. The van der Waals surface area contributed by atoms with Crippen LogP contribution in [0.5, 0.6) is 0 Å². The number of carbonyl (C=O) groups is 1. The van der Waals surface area contributed by atoms with Gasteiger partial charge in [0.05, 0.1) is 23.6 Å². The van der Waals surface area contributed by atoms with E-state index >= 15 is 0 Å². The van der Waals surface area contributed by atoms with Gasteiger partial charge in [0.2, 0.25) is 0 Å². The van der Waals surface area contributed by atoms with Crippen molar-refractivity contribution in [2.45, 2.75) is 18.9 Å². The van der Waals surface area contributed by atoms with E-state index in [2.05, 4.69) is 25.5 Å². The molecule has 3 aromatic heterocycles. The fourth-order valence-electron chi connectivity index (χ4n) is 4.87. The fraction of sp³-hybridized carbons (Fsp3) is 0.154. The van der Waals surface area contributed by atoms with E-state index < -0.39 is 6.09 Å². The van der Waals surface area contributed by atoms with Crippen molar-refractivity contribution in [1.29, 1.82) is 0 Å². The van der Waals surface area contributed by atoms with Gasteiger partial charge in [0.1, 0.15) is 12.2 Å². The van der Waals surface area contributed by atoms with Crippen LogP contribution >= 0.6 is 11.6 Å². The molecule has 0 aliphatic carbocycles. The first-order valence-corrected chi connectivity index (χ1v) is 12.2. The summed E-state index contributed by atoms with van der Waals surface area (Å²) in [6, 6.07) is 15.9. The Morgan fingerprint density at radius 2 is 2.03 bits per heavy atom. The Bertz CT molecular complexity index is 1730. The normalized spacial score (nSPS) is 14.4. The van der Waals surface area contributed by atoms with Crippen molar-refractivity contribution in [2.75, 3.05) is 11.9 Å². The van der Waals surface area contributed by atoms with Crippen molar-refractivity contribution in [3.8, 4) is 28.1 Å². The third kappa shape index (κ3) is 4.12. The molecule has 1 amide bonds. The second-order valence-electron chi connectivity index (χ2n) is 8.99. The highest BCUT2D eigenvalue weighted by Gasteiger charge is 2.28. The molecule has 1 aliphatic heterocycles. The molecule has 1 aliphatic rings. The number of fused-ring (bicyclic) bond motifs is 1. The van der Waals surface area contributed by atoms with Crippen LogP contribution in [0.15, 0.2) is 71.9 Å². The Hall–Kier alpha value is -4.77. The zero-order valence-corrected chi connectivity index (χ0v) is 20.9. The van der Waals surface area contributed by atoms with E-state index in [9.17, 15) is 14.7 Å². The number of benzene rings is 2. The summed E-state index contributed by atoms with van der Waals surface area (Å²) in [4.78, 5) is 33.8. The van der Waals surface area contributed by atoms with Crippen molar-refractivity contribution in [2.24, 2.45) is 0 Å². The van der Waals surface area contributed by atoms with Crippen molar-refractivity contribution in [3.63, 3.8) is 0 Å². The Morgan fingerprint density at radius 1 is 1.16 bits per heavy atom. The van der Waals surface area contributed by atoms with Gasteiger partial charge in [-0.25, -0.2) is 9.78 Å². The van der Waals surface area contributed by atoms with Crippen LogP contribution in [0.2, 0.25) is 5.02 Å². The highest BCUT2D eigenvalue weighted by atomic mass is 35.5. The predicted molar refractivity (Wildman–Crippen MR) is 141 cm³/mol. The maximum absolute atomic E-state index is 13.4. The lowest BCUT2D eigenvalue weighted by Gasteiger charge is -2.15. The number of hydrogen-bond donors (Lipinski definition) is 2. The Labute approximate surface area is 221 Å². The molecule has 0 radical (unpaired) electrons. The van der Waals surface area contributed by atoms with Crippen LogP contribution in [-0.4, -0.2) is 53.0 Å². The fourth-order valence-corrected chi connectivity index (χ4v) is 5.04. The molecule has 6 rings (SSSR count). The summed E-state index contributed by atoms with van der Waals surface area (Å²) in [6.07, 6.45) is 3.56. The van der Waals surface area contributed by atoms with E-state index in [1.54, 1.807) is 47.2 Å². The third-order valence-electron chi connectivity index (χ3n) is 6.74. The lowest BCUT2D eigenvalue weighted by molar-refractivity contribution is 0.203. The first-order valence-electron chi connectivity index (χ1n) is 11.8. The average Bonchev–Trinajstić information content (AvgIpc) is 3.69. The smallest absolute Gasteiger partial charge is 0.411 e. The first-order chi connectivity index (χ1) is 18.4. The topological polar surface area (TPSA) is 135 Å². The standard InChI is InChI=1S/C26H21ClN8O3/c1-33(26(37)38)18-4-2-3-15(9-18)21-13-28-25(30-21)23-8-6-19-10-16(11-24(36)35(19)23)20-12-17(27)5-7-22(20)34-14-29-31-32-34/h2-5,7,9-14,23H,6,8H2,1H3,(H,28,30)(H,37,38)/t23-/m0/s1. The number of carboxylic acid groups (broad SMARTS) is 1. The number of hydrogen-bond acceptors (Lipinski definition) is 6. The van der Waals surface area contributed by atoms with Gasteiger partial charge in [0.25, 0.3) is 5.56 Å². The van der Waals surface area contributed by atoms with Crippen LogP contribution in [0, 0.1) is 0 Å². The highest BCUT2D eigenvalue weighted by molar-refractivity contribution is 6.31.